The molecule has 2 fully saturated rings. The minimum absolute atomic E-state index is 0.0901. The molecule has 2 aromatic rings. The van der Waals surface area contributed by atoms with Crippen molar-refractivity contribution in [2.24, 2.45) is 5.92 Å². The molecule has 1 amide bonds. The maximum Gasteiger partial charge on any atom is 0.226 e. The molecule has 2 heterocycles. The summed E-state index contributed by atoms with van der Waals surface area (Å²) in [5.74, 6) is 2.43. The molecule has 2 aliphatic rings. The molecule has 1 aromatic carbocycles. The van der Waals surface area contributed by atoms with E-state index in [1.807, 2.05) is 30.3 Å². The normalized spacial score (nSPS) is 26.3. The Bertz CT molecular complexity index is 694. The number of nitrogens with zero attached hydrogens (tertiary/aromatic N) is 1. The number of likely N-dealkylation sites (tertiary alicyclic amines) is 1. The molecule has 0 unspecified atom stereocenters. The number of carbonyl (C=O) groups excluding carboxylic acids is 1. The van der Waals surface area contributed by atoms with Gasteiger partial charge in [-0.15, -0.1) is 0 Å². The van der Waals surface area contributed by atoms with E-state index in [1.165, 1.54) is 5.56 Å². The highest BCUT2D eigenvalue weighted by atomic mass is 16.5. The first-order valence-electron chi connectivity index (χ1n) is 8.26. The van der Waals surface area contributed by atoms with Crippen LogP contribution in [0.25, 0.3) is 0 Å². The highest BCUT2D eigenvalue weighted by Gasteiger charge is 2.49. The Labute approximate surface area is 136 Å². The third-order valence-corrected chi connectivity index (χ3v) is 5.03. The maximum atomic E-state index is 12.9. The summed E-state index contributed by atoms with van der Waals surface area (Å²) in [5, 5.41) is 0. The molecule has 0 bridgehead atoms. The topological polar surface area (TPSA) is 42.7 Å². The van der Waals surface area contributed by atoms with E-state index >= 15 is 0 Å². The minimum atomic E-state index is 0.0901. The summed E-state index contributed by atoms with van der Waals surface area (Å²) in [7, 11) is 1.68. The monoisotopic (exact) mass is 311 g/mol. The zero-order chi connectivity index (χ0) is 15.8. The zero-order valence-electron chi connectivity index (χ0n) is 13.3. The number of rotatable bonds is 4. The van der Waals surface area contributed by atoms with Gasteiger partial charge in [0.15, 0.2) is 0 Å². The number of methoxy groups -OCH3 is 1. The number of furan rings is 1. The standard InChI is InChI=1S/C19H21NO3/c1-22-14-6-2-5-13(11-14)17-7-3-9-20(17)19(21)16-12-15(16)18-8-4-10-23-18/h2,4-6,8,10-11,15-17H,3,7,9,12H2,1H3/t15-,16+,17-/m0/s1. The molecule has 4 rings (SSSR count). The lowest BCUT2D eigenvalue weighted by Gasteiger charge is -2.25. The van der Waals surface area contributed by atoms with Gasteiger partial charge in [-0.05, 0) is 49.1 Å². The van der Waals surface area contributed by atoms with Gasteiger partial charge >= 0.3 is 0 Å². The molecular weight excluding hydrogens is 290 g/mol. The quantitative estimate of drug-likeness (QED) is 0.863. The first-order chi connectivity index (χ1) is 11.3. The molecule has 23 heavy (non-hydrogen) atoms. The number of ether oxygens (including phenoxy) is 1. The van der Waals surface area contributed by atoms with E-state index in [4.69, 9.17) is 9.15 Å². The van der Waals surface area contributed by atoms with E-state index < -0.39 is 0 Å². The zero-order valence-corrected chi connectivity index (χ0v) is 13.3. The average molecular weight is 311 g/mol. The van der Waals surface area contributed by atoms with Gasteiger partial charge < -0.3 is 14.1 Å². The number of hydrogen-bond donors (Lipinski definition) is 0. The molecule has 0 radical (unpaired) electrons. The summed E-state index contributed by atoms with van der Waals surface area (Å²) in [6.45, 7) is 0.849. The lowest BCUT2D eigenvalue weighted by Crippen LogP contribution is -2.32. The molecule has 1 saturated heterocycles. The highest BCUT2D eigenvalue weighted by molar-refractivity contribution is 5.83. The van der Waals surface area contributed by atoms with Gasteiger partial charge in [-0.3, -0.25) is 4.79 Å². The summed E-state index contributed by atoms with van der Waals surface area (Å²) < 4.78 is 10.8. The van der Waals surface area contributed by atoms with Crippen LogP contribution in [-0.4, -0.2) is 24.5 Å². The second kappa shape index (κ2) is 5.76. The molecule has 4 nitrogen and oxygen atoms in total. The summed E-state index contributed by atoms with van der Waals surface area (Å²) >= 11 is 0. The lowest BCUT2D eigenvalue weighted by atomic mass is 10.0. The minimum Gasteiger partial charge on any atom is -0.497 e. The Morgan fingerprint density at radius 3 is 3.00 bits per heavy atom. The lowest BCUT2D eigenvalue weighted by molar-refractivity contribution is -0.133. The largest absolute Gasteiger partial charge is 0.497 e. The molecule has 1 aliphatic carbocycles. The number of hydrogen-bond acceptors (Lipinski definition) is 3. The molecule has 0 spiro atoms. The second-order valence-electron chi connectivity index (χ2n) is 6.43. The van der Waals surface area contributed by atoms with Crippen molar-refractivity contribution in [3.8, 4) is 5.75 Å². The Morgan fingerprint density at radius 2 is 2.22 bits per heavy atom. The number of benzene rings is 1. The van der Waals surface area contributed by atoms with Gasteiger partial charge in [0.1, 0.15) is 11.5 Å². The molecular formula is C19H21NO3. The van der Waals surface area contributed by atoms with Crippen molar-refractivity contribution < 1.29 is 13.9 Å². The molecule has 1 saturated carbocycles. The van der Waals surface area contributed by atoms with E-state index in [9.17, 15) is 4.79 Å². The second-order valence-corrected chi connectivity index (χ2v) is 6.43. The third-order valence-electron chi connectivity index (χ3n) is 5.03. The van der Waals surface area contributed by atoms with Crippen molar-refractivity contribution in [1.82, 2.24) is 4.90 Å². The van der Waals surface area contributed by atoms with Crippen LogP contribution in [0.3, 0.4) is 0 Å². The van der Waals surface area contributed by atoms with Crippen molar-refractivity contribution in [2.75, 3.05) is 13.7 Å². The van der Waals surface area contributed by atoms with Crippen LogP contribution in [0.2, 0.25) is 0 Å². The van der Waals surface area contributed by atoms with Crippen LogP contribution in [0.15, 0.2) is 47.1 Å². The van der Waals surface area contributed by atoms with Crippen LogP contribution < -0.4 is 4.74 Å². The summed E-state index contributed by atoms with van der Waals surface area (Å²) in [6.07, 6.45) is 4.68. The molecule has 1 aliphatic heterocycles. The predicted molar refractivity (Wildman–Crippen MR) is 86.2 cm³/mol. The molecule has 4 heteroatoms. The number of carbonyl (C=O) groups is 1. The van der Waals surface area contributed by atoms with E-state index in [0.29, 0.717) is 0 Å². The fourth-order valence-electron chi connectivity index (χ4n) is 3.72. The summed E-state index contributed by atoms with van der Waals surface area (Å²) in [6, 6.07) is 12.1. The number of amides is 1. The van der Waals surface area contributed by atoms with Crippen LogP contribution in [0.1, 0.15) is 42.5 Å². The van der Waals surface area contributed by atoms with E-state index in [0.717, 1.165) is 37.3 Å². The van der Waals surface area contributed by atoms with Crippen LogP contribution in [0.4, 0.5) is 0 Å². The Kier molecular flexibility index (Phi) is 3.60. The Morgan fingerprint density at radius 1 is 1.30 bits per heavy atom. The van der Waals surface area contributed by atoms with Crippen molar-refractivity contribution in [2.45, 2.75) is 31.2 Å². The molecule has 0 N–H and O–H groups in total. The molecule has 3 atom stereocenters. The Hall–Kier alpha value is -2.23. The fourth-order valence-corrected chi connectivity index (χ4v) is 3.72. The summed E-state index contributed by atoms with van der Waals surface area (Å²) in [4.78, 5) is 15.0. The van der Waals surface area contributed by atoms with Gasteiger partial charge in [-0.1, -0.05) is 12.1 Å². The van der Waals surface area contributed by atoms with Crippen LogP contribution >= 0.6 is 0 Å². The van der Waals surface area contributed by atoms with E-state index in [-0.39, 0.29) is 23.8 Å². The van der Waals surface area contributed by atoms with Crippen molar-refractivity contribution in [3.05, 3.63) is 54.0 Å². The van der Waals surface area contributed by atoms with Crippen molar-refractivity contribution in [1.29, 1.82) is 0 Å². The molecule has 120 valence electrons. The van der Waals surface area contributed by atoms with Crippen LogP contribution in [0.5, 0.6) is 5.75 Å². The average Bonchev–Trinajstić information content (AvgIpc) is 3.02. The van der Waals surface area contributed by atoms with Crippen molar-refractivity contribution in [3.63, 3.8) is 0 Å². The van der Waals surface area contributed by atoms with Crippen molar-refractivity contribution >= 4 is 5.91 Å². The smallest absolute Gasteiger partial charge is 0.226 e. The van der Waals surface area contributed by atoms with Crippen LogP contribution in [0, 0.1) is 5.92 Å². The Balaban J connectivity index is 1.50. The van der Waals surface area contributed by atoms with Gasteiger partial charge in [0.2, 0.25) is 5.91 Å². The van der Waals surface area contributed by atoms with Crippen LogP contribution in [-0.2, 0) is 4.79 Å². The molecule has 1 aromatic heterocycles. The van der Waals surface area contributed by atoms with Gasteiger partial charge in [0, 0.05) is 18.4 Å². The fraction of sp³-hybridized carbons (Fsp3) is 0.421. The predicted octanol–water partition coefficient (Wildman–Crippen LogP) is 3.76. The maximum absolute atomic E-state index is 12.9. The summed E-state index contributed by atoms with van der Waals surface area (Å²) in [5.41, 5.74) is 1.17. The van der Waals surface area contributed by atoms with Gasteiger partial charge in [-0.2, -0.15) is 0 Å². The SMILES string of the molecule is COc1cccc([C@@H]2CCCN2C(=O)[C@@H]2C[C@@H]2c2ccco2)c1. The van der Waals surface area contributed by atoms with Gasteiger partial charge in [0.25, 0.3) is 0 Å². The van der Waals surface area contributed by atoms with E-state index in [1.54, 1.807) is 13.4 Å². The van der Waals surface area contributed by atoms with E-state index in [2.05, 4.69) is 11.0 Å². The first kappa shape index (κ1) is 14.4. The van der Waals surface area contributed by atoms with Gasteiger partial charge in [0.05, 0.1) is 19.4 Å². The third kappa shape index (κ3) is 2.62. The highest BCUT2D eigenvalue weighted by Crippen LogP contribution is 2.50. The van der Waals surface area contributed by atoms with Gasteiger partial charge in [-0.25, -0.2) is 0 Å². The first-order valence-corrected chi connectivity index (χ1v) is 8.26.